The summed E-state index contributed by atoms with van der Waals surface area (Å²) in [6.45, 7) is 4.66. The van der Waals surface area contributed by atoms with Crippen LogP contribution in [0.1, 0.15) is 117 Å². The molecule has 0 aromatic heterocycles. The topological polar surface area (TPSA) is 0 Å². The van der Waals surface area contributed by atoms with Crippen LogP contribution in [-0.4, -0.2) is 0 Å². The van der Waals surface area contributed by atoms with E-state index in [-0.39, 0.29) is 0 Å². The second kappa shape index (κ2) is 10.7. The van der Waals surface area contributed by atoms with Crippen LogP contribution in [0.25, 0.3) is 0 Å². The number of hydrogen-bond acceptors (Lipinski definition) is 0. The van der Waals surface area contributed by atoms with E-state index in [1.54, 1.807) is 57.8 Å². The van der Waals surface area contributed by atoms with Crippen molar-refractivity contribution in [3.05, 3.63) is 0 Å². The molecule has 0 N–H and O–H groups in total. The Morgan fingerprint density at radius 2 is 0.909 bits per heavy atom. The highest BCUT2D eigenvalue weighted by atomic mass is 14.3. The molecule has 0 spiro atoms. The molecule has 0 nitrogen and oxygen atoms in total. The third kappa shape index (κ3) is 6.63. The minimum Gasteiger partial charge on any atom is -0.0654 e. The minimum absolute atomic E-state index is 1.09. The average Bonchev–Trinajstić information content (AvgIpc) is 2.56. The maximum absolute atomic E-state index is 2.34. The predicted octanol–water partition coefficient (Wildman–Crippen LogP) is 7.76. The molecule has 2 aliphatic carbocycles. The van der Waals surface area contributed by atoms with Gasteiger partial charge in [0.25, 0.3) is 0 Å². The van der Waals surface area contributed by atoms with E-state index in [0.717, 1.165) is 23.7 Å². The molecule has 2 saturated carbocycles. The van der Waals surface area contributed by atoms with Gasteiger partial charge in [0.05, 0.1) is 0 Å². The summed E-state index contributed by atoms with van der Waals surface area (Å²) in [7, 11) is 0. The van der Waals surface area contributed by atoms with Crippen molar-refractivity contribution < 1.29 is 0 Å². The molecule has 0 amide bonds. The summed E-state index contributed by atoms with van der Waals surface area (Å²) in [4.78, 5) is 0. The molecule has 0 radical (unpaired) electrons. The van der Waals surface area contributed by atoms with Gasteiger partial charge in [-0.15, -0.1) is 0 Å². The summed E-state index contributed by atoms with van der Waals surface area (Å²) in [6, 6.07) is 0. The first-order valence-electron chi connectivity index (χ1n) is 10.8. The Morgan fingerprint density at radius 3 is 1.36 bits per heavy atom. The van der Waals surface area contributed by atoms with Crippen molar-refractivity contribution in [3.63, 3.8) is 0 Å². The zero-order chi connectivity index (χ0) is 15.6. The van der Waals surface area contributed by atoms with Crippen molar-refractivity contribution in [3.8, 4) is 0 Å². The number of rotatable bonds is 9. The van der Waals surface area contributed by atoms with Crippen LogP contribution in [0.5, 0.6) is 0 Å². The quantitative estimate of drug-likeness (QED) is 0.382. The molecule has 0 aliphatic heterocycles. The molecule has 130 valence electrons. The third-order valence-corrected chi connectivity index (χ3v) is 6.78. The highest BCUT2D eigenvalue weighted by Crippen LogP contribution is 2.40. The third-order valence-electron chi connectivity index (χ3n) is 6.78. The van der Waals surface area contributed by atoms with Crippen LogP contribution in [0.3, 0.4) is 0 Å². The Bertz CT molecular complexity index is 253. The second-order valence-electron chi connectivity index (χ2n) is 8.65. The van der Waals surface area contributed by atoms with Crippen LogP contribution >= 0.6 is 0 Å². The van der Waals surface area contributed by atoms with Gasteiger partial charge in [0.1, 0.15) is 0 Å². The Labute approximate surface area is 140 Å². The zero-order valence-electron chi connectivity index (χ0n) is 15.6. The highest BCUT2D eigenvalue weighted by Gasteiger charge is 2.26. The normalized spacial score (nSPS) is 33.0. The lowest BCUT2D eigenvalue weighted by atomic mass is 9.72. The van der Waals surface area contributed by atoms with E-state index in [1.807, 2.05) is 0 Å². The van der Waals surface area contributed by atoms with E-state index < -0.39 is 0 Å². The smallest absolute Gasteiger partial charge is 0.0411 e. The minimum atomic E-state index is 1.09. The average molecular weight is 307 g/mol. The van der Waals surface area contributed by atoms with Gasteiger partial charge < -0.3 is 0 Å². The maximum Gasteiger partial charge on any atom is -0.0411 e. The van der Waals surface area contributed by atoms with Gasteiger partial charge >= 0.3 is 0 Å². The van der Waals surface area contributed by atoms with Crippen molar-refractivity contribution in [2.75, 3.05) is 0 Å². The Balaban J connectivity index is 1.55. The van der Waals surface area contributed by atoms with Gasteiger partial charge in [-0.2, -0.15) is 0 Å². The predicted molar refractivity (Wildman–Crippen MR) is 99.2 cm³/mol. The van der Waals surface area contributed by atoms with Crippen molar-refractivity contribution in [2.45, 2.75) is 117 Å². The van der Waals surface area contributed by atoms with E-state index in [9.17, 15) is 0 Å². The van der Waals surface area contributed by atoms with Crippen LogP contribution in [0, 0.1) is 23.7 Å². The molecule has 0 heterocycles. The van der Waals surface area contributed by atoms with Gasteiger partial charge in [-0.1, -0.05) is 110 Å². The van der Waals surface area contributed by atoms with Crippen LogP contribution in [0.2, 0.25) is 0 Å². The molecule has 0 saturated heterocycles. The SMILES string of the molecule is CCCCC[C@H]1CC[C@H](C[C@H]2CC[C@H](CCCC)CC2)CC1. The molecule has 0 aromatic rings. The first-order valence-corrected chi connectivity index (χ1v) is 10.8. The Kier molecular flexibility index (Phi) is 8.93. The van der Waals surface area contributed by atoms with Gasteiger partial charge in [-0.05, 0) is 30.1 Å². The maximum atomic E-state index is 2.34. The summed E-state index contributed by atoms with van der Waals surface area (Å²) in [5.41, 5.74) is 0. The molecule has 0 atom stereocenters. The summed E-state index contributed by atoms with van der Waals surface area (Å²) in [5.74, 6) is 4.37. The van der Waals surface area contributed by atoms with Gasteiger partial charge in [-0.25, -0.2) is 0 Å². The molecule has 0 aromatic carbocycles. The van der Waals surface area contributed by atoms with Crippen molar-refractivity contribution in [1.82, 2.24) is 0 Å². The lowest BCUT2D eigenvalue weighted by molar-refractivity contribution is 0.183. The molecule has 2 aliphatic rings. The zero-order valence-corrected chi connectivity index (χ0v) is 15.6. The van der Waals surface area contributed by atoms with Gasteiger partial charge in [0, 0.05) is 0 Å². The molecule has 0 unspecified atom stereocenters. The largest absolute Gasteiger partial charge is 0.0654 e. The highest BCUT2D eigenvalue weighted by molar-refractivity contribution is 4.78. The lowest BCUT2D eigenvalue weighted by Crippen LogP contribution is -2.21. The first kappa shape index (κ1) is 18.3. The Hall–Kier alpha value is 0. The molecule has 0 bridgehead atoms. The molecular weight excluding hydrogens is 264 g/mol. The summed E-state index contributed by atoms with van der Waals surface area (Å²) in [6.07, 6.45) is 24.3. The second-order valence-corrected chi connectivity index (χ2v) is 8.65. The van der Waals surface area contributed by atoms with Gasteiger partial charge in [0.15, 0.2) is 0 Å². The molecule has 2 fully saturated rings. The fraction of sp³-hybridized carbons (Fsp3) is 1.00. The lowest BCUT2D eigenvalue weighted by Gasteiger charge is -2.34. The van der Waals surface area contributed by atoms with Crippen molar-refractivity contribution in [2.24, 2.45) is 23.7 Å². The van der Waals surface area contributed by atoms with Crippen molar-refractivity contribution in [1.29, 1.82) is 0 Å². The fourth-order valence-electron chi connectivity index (χ4n) is 5.16. The van der Waals surface area contributed by atoms with E-state index in [4.69, 9.17) is 0 Å². The Morgan fingerprint density at radius 1 is 0.500 bits per heavy atom. The van der Waals surface area contributed by atoms with Crippen molar-refractivity contribution >= 4 is 0 Å². The number of unbranched alkanes of at least 4 members (excludes halogenated alkanes) is 3. The summed E-state index contributed by atoms with van der Waals surface area (Å²) >= 11 is 0. The van der Waals surface area contributed by atoms with Gasteiger partial charge in [0.2, 0.25) is 0 Å². The van der Waals surface area contributed by atoms with E-state index in [1.165, 1.54) is 44.9 Å². The van der Waals surface area contributed by atoms with Crippen LogP contribution in [-0.2, 0) is 0 Å². The van der Waals surface area contributed by atoms with E-state index in [2.05, 4.69) is 13.8 Å². The van der Waals surface area contributed by atoms with Crippen LogP contribution in [0.4, 0.5) is 0 Å². The monoisotopic (exact) mass is 306 g/mol. The molecule has 2 rings (SSSR count). The van der Waals surface area contributed by atoms with Crippen LogP contribution < -0.4 is 0 Å². The number of hydrogen-bond donors (Lipinski definition) is 0. The summed E-state index contributed by atoms with van der Waals surface area (Å²) < 4.78 is 0. The fourth-order valence-corrected chi connectivity index (χ4v) is 5.16. The van der Waals surface area contributed by atoms with Crippen LogP contribution in [0.15, 0.2) is 0 Å². The van der Waals surface area contributed by atoms with E-state index >= 15 is 0 Å². The molecule has 22 heavy (non-hydrogen) atoms. The van der Waals surface area contributed by atoms with E-state index in [0.29, 0.717) is 0 Å². The standard InChI is InChI=1S/C22H42/c1-3-5-7-9-20-12-16-22(17-13-20)18-21-14-10-19(11-15-21)8-6-4-2/h19-22H,3-18H2,1-2H3/t19-,20-,21-,22-. The first-order chi connectivity index (χ1) is 10.8. The van der Waals surface area contributed by atoms with Gasteiger partial charge in [-0.3, -0.25) is 0 Å². The molecule has 0 heteroatoms. The molecular formula is C22H42. The summed E-state index contributed by atoms with van der Waals surface area (Å²) in [5, 5.41) is 0.